The first kappa shape index (κ1) is 15.1. The number of ketones is 1. The molecule has 2 aromatic carbocycles. The molecule has 0 unspecified atom stereocenters. The Morgan fingerprint density at radius 2 is 1.67 bits per heavy atom. The highest BCUT2D eigenvalue weighted by molar-refractivity contribution is 7.85. The topological polar surface area (TPSA) is 77.3 Å². The molecule has 1 atom stereocenters. The number of hydrogen-bond acceptors (Lipinski definition) is 4. The van der Waals surface area contributed by atoms with Gasteiger partial charge in [-0.1, -0.05) is 30.3 Å². The van der Waals surface area contributed by atoms with Gasteiger partial charge >= 0.3 is 0 Å². The van der Waals surface area contributed by atoms with Crippen LogP contribution in [-0.2, 0) is 16.6 Å². The van der Waals surface area contributed by atoms with E-state index in [1.165, 1.54) is 24.3 Å². The lowest BCUT2D eigenvalue weighted by molar-refractivity contribution is -0.384. The lowest BCUT2D eigenvalue weighted by Gasteiger charge is -2.02. The first-order valence-corrected chi connectivity index (χ1v) is 7.71. The second-order valence-electron chi connectivity index (χ2n) is 4.44. The van der Waals surface area contributed by atoms with Crippen LogP contribution in [0.25, 0.3) is 0 Å². The van der Waals surface area contributed by atoms with Crippen LogP contribution in [0.2, 0.25) is 0 Å². The summed E-state index contributed by atoms with van der Waals surface area (Å²) in [5.41, 5.74) is 1.17. The Hall–Kier alpha value is -2.34. The Morgan fingerprint density at radius 1 is 1.05 bits per heavy atom. The number of nitro benzene ring substituents is 1. The van der Waals surface area contributed by atoms with Gasteiger partial charge in [0.05, 0.1) is 10.7 Å². The minimum absolute atomic E-state index is 0.0723. The zero-order chi connectivity index (χ0) is 15.2. The molecule has 0 heterocycles. The third-order valence-corrected chi connectivity index (χ3v) is 4.10. The number of carbonyl (C=O) groups excluding carboxylic acids is 1. The van der Waals surface area contributed by atoms with Crippen LogP contribution in [0.15, 0.2) is 54.6 Å². The van der Waals surface area contributed by atoms with E-state index in [0.29, 0.717) is 11.3 Å². The zero-order valence-corrected chi connectivity index (χ0v) is 11.9. The average Bonchev–Trinajstić information content (AvgIpc) is 2.48. The minimum Gasteiger partial charge on any atom is -0.293 e. The van der Waals surface area contributed by atoms with Gasteiger partial charge in [0.25, 0.3) is 5.69 Å². The number of non-ortho nitro benzene ring substituents is 1. The molecule has 0 saturated heterocycles. The molecule has 0 radical (unpaired) electrons. The van der Waals surface area contributed by atoms with E-state index in [0.717, 1.165) is 5.56 Å². The maximum Gasteiger partial charge on any atom is 0.269 e. The predicted octanol–water partition coefficient (Wildman–Crippen LogP) is 2.73. The molecule has 0 N–H and O–H groups in total. The van der Waals surface area contributed by atoms with Crippen molar-refractivity contribution in [1.82, 2.24) is 0 Å². The quantitative estimate of drug-likeness (QED) is 0.467. The largest absolute Gasteiger partial charge is 0.293 e. The van der Waals surface area contributed by atoms with Gasteiger partial charge in [-0.3, -0.25) is 19.1 Å². The monoisotopic (exact) mass is 303 g/mol. The Bertz CT molecular complexity index is 668. The van der Waals surface area contributed by atoms with Crippen molar-refractivity contribution >= 4 is 22.3 Å². The van der Waals surface area contributed by atoms with Gasteiger partial charge in [0.1, 0.15) is 0 Å². The molecule has 2 rings (SSSR count). The van der Waals surface area contributed by atoms with Crippen molar-refractivity contribution in [1.29, 1.82) is 0 Å². The first-order valence-electron chi connectivity index (χ1n) is 6.23. The van der Waals surface area contributed by atoms with Crippen LogP contribution in [0.5, 0.6) is 0 Å². The molecule has 0 aliphatic carbocycles. The van der Waals surface area contributed by atoms with Crippen molar-refractivity contribution in [3.63, 3.8) is 0 Å². The lowest BCUT2D eigenvalue weighted by atomic mass is 10.1. The van der Waals surface area contributed by atoms with Crippen LogP contribution < -0.4 is 0 Å². The van der Waals surface area contributed by atoms with Crippen LogP contribution in [0.3, 0.4) is 0 Å². The summed E-state index contributed by atoms with van der Waals surface area (Å²) in [6.07, 6.45) is 0. The van der Waals surface area contributed by atoms with Gasteiger partial charge in [-0.15, -0.1) is 0 Å². The van der Waals surface area contributed by atoms with E-state index < -0.39 is 15.7 Å². The molecule has 108 valence electrons. The molecule has 2 aromatic rings. The maximum absolute atomic E-state index is 12.0. The van der Waals surface area contributed by atoms with Crippen LogP contribution in [0, 0.1) is 10.1 Å². The summed E-state index contributed by atoms with van der Waals surface area (Å²) in [6.45, 7) is 0. The Balaban J connectivity index is 1.97. The second-order valence-corrected chi connectivity index (χ2v) is 5.90. The van der Waals surface area contributed by atoms with E-state index >= 15 is 0 Å². The SMILES string of the molecule is O=C(C[S@@](=O)Cc1ccccc1)c1ccc([N+](=O)[O-])cc1. The molecular formula is C15H13NO4S. The van der Waals surface area contributed by atoms with Gasteiger partial charge in [0, 0.05) is 34.2 Å². The van der Waals surface area contributed by atoms with Crippen molar-refractivity contribution in [3.8, 4) is 0 Å². The summed E-state index contributed by atoms with van der Waals surface area (Å²) in [4.78, 5) is 22.0. The number of nitrogens with zero attached hydrogens (tertiary/aromatic N) is 1. The molecule has 0 amide bonds. The van der Waals surface area contributed by atoms with Gasteiger partial charge in [-0.25, -0.2) is 0 Å². The molecular weight excluding hydrogens is 290 g/mol. The summed E-state index contributed by atoms with van der Waals surface area (Å²) >= 11 is 0. The molecule has 0 fully saturated rings. The molecule has 6 heteroatoms. The lowest BCUT2D eigenvalue weighted by Crippen LogP contribution is -2.12. The van der Waals surface area contributed by atoms with Crippen LogP contribution in [-0.4, -0.2) is 20.7 Å². The Kier molecular flexibility index (Phi) is 4.94. The molecule has 0 saturated carbocycles. The molecule has 5 nitrogen and oxygen atoms in total. The van der Waals surface area contributed by atoms with Crippen LogP contribution in [0.1, 0.15) is 15.9 Å². The predicted molar refractivity (Wildman–Crippen MR) is 80.6 cm³/mol. The highest BCUT2D eigenvalue weighted by Gasteiger charge is 2.13. The number of hydrogen-bond donors (Lipinski definition) is 0. The molecule has 0 aliphatic heterocycles. The van der Waals surface area contributed by atoms with Gasteiger partial charge in [-0.2, -0.15) is 0 Å². The van der Waals surface area contributed by atoms with Crippen LogP contribution in [0.4, 0.5) is 5.69 Å². The van der Waals surface area contributed by atoms with E-state index in [1.807, 2.05) is 30.3 Å². The molecule has 0 spiro atoms. The van der Waals surface area contributed by atoms with E-state index in [2.05, 4.69) is 0 Å². The zero-order valence-electron chi connectivity index (χ0n) is 11.1. The van der Waals surface area contributed by atoms with Gasteiger partial charge in [0.2, 0.25) is 0 Å². The Morgan fingerprint density at radius 3 is 2.24 bits per heavy atom. The average molecular weight is 303 g/mol. The summed E-state index contributed by atoms with van der Waals surface area (Å²) in [6, 6.07) is 14.6. The number of benzene rings is 2. The summed E-state index contributed by atoms with van der Waals surface area (Å²) in [5, 5.41) is 10.5. The highest BCUT2D eigenvalue weighted by Crippen LogP contribution is 2.13. The highest BCUT2D eigenvalue weighted by atomic mass is 32.2. The van der Waals surface area contributed by atoms with E-state index in [1.54, 1.807) is 0 Å². The van der Waals surface area contributed by atoms with E-state index in [9.17, 15) is 19.1 Å². The normalized spacial score (nSPS) is 11.8. The summed E-state index contributed by atoms with van der Waals surface area (Å²) in [7, 11) is -1.30. The van der Waals surface area contributed by atoms with Crippen molar-refractivity contribution in [3.05, 3.63) is 75.8 Å². The van der Waals surface area contributed by atoms with Crippen molar-refractivity contribution in [2.75, 3.05) is 5.75 Å². The van der Waals surface area contributed by atoms with E-state index in [4.69, 9.17) is 0 Å². The number of carbonyl (C=O) groups is 1. The maximum atomic E-state index is 12.0. The summed E-state index contributed by atoms with van der Waals surface area (Å²) < 4.78 is 12.0. The standard InChI is InChI=1S/C15H13NO4S/c17-15(13-6-8-14(9-7-13)16(18)19)11-21(20)10-12-4-2-1-3-5-12/h1-9H,10-11H2/t21-/m0/s1. The molecule has 21 heavy (non-hydrogen) atoms. The van der Waals surface area contributed by atoms with Gasteiger partial charge in [0.15, 0.2) is 5.78 Å². The molecule has 0 aromatic heterocycles. The third-order valence-electron chi connectivity index (χ3n) is 2.86. The fraction of sp³-hybridized carbons (Fsp3) is 0.133. The number of nitro groups is 1. The Labute approximate surface area is 124 Å². The van der Waals surface area contributed by atoms with Crippen LogP contribution >= 0.6 is 0 Å². The second kappa shape index (κ2) is 6.90. The summed E-state index contributed by atoms with van der Waals surface area (Å²) in [5.74, 6) is -0.0501. The fourth-order valence-electron chi connectivity index (χ4n) is 1.81. The third kappa shape index (κ3) is 4.32. The number of Topliss-reactive ketones (excluding diaryl/α,β-unsaturated/α-hetero) is 1. The van der Waals surface area contributed by atoms with Gasteiger partial charge < -0.3 is 0 Å². The van der Waals surface area contributed by atoms with Gasteiger partial charge in [-0.05, 0) is 17.7 Å². The number of rotatable bonds is 6. The van der Waals surface area contributed by atoms with Crippen molar-refractivity contribution in [2.45, 2.75) is 5.75 Å². The van der Waals surface area contributed by atoms with E-state index in [-0.39, 0.29) is 17.2 Å². The smallest absolute Gasteiger partial charge is 0.269 e. The molecule has 0 aliphatic rings. The molecule has 0 bridgehead atoms. The minimum atomic E-state index is -1.30. The van der Waals surface area contributed by atoms with Crippen molar-refractivity contribution in [2.24, 2.45) is 0 Å². The fourth-order valence-corrected chi connectivity index (χ4v) is 2.94. The first-order chi connectivity index (χ1) is 10.1. The van der Waals surface area contributed by atoms with Crippen molar-refractivity contribution < 1.29 is 13.9 Å².